The first-order valence-corrected chi connectivity index (χ1v) is 6.61. The van der Waals surface area contributed by atoms with Crippen molar-refractivity contribution >= 4 is 17.3 Å². The highest BCUT2D eigenvalue weighted by atomic mass is 35.5. The van der Waals surface area contributed by atoms with Crippen LogP contribution in [0.1, 0.15) is 17.0 Å². The predicted molar refractivity (Wildman–Crippen MR) is 79.3 cm³/mol. The van der Waals surface area contributed by atoms with Gasteiger partial charge in [0.15, 0.2) is 0 Å². The van der Waals surface area contributed by atoms with Crippen molar-refractivity contribution in [3.8, 4) is 5.75 Å². The van der Waals surface area contributed by atoms with Crippen LogP contribution in [0.5, 0.6) is 5.75 Å². The lowest BCUT2D eigenvalue weighted by molar-refractivity contribution is -0.385. The quantitative estimate of drug-likeness (QED) is 0.677. The summed E-state index contributed by atoms with van der Waals surface area (Å²) in [5, 5.41) is 11.4. The van der Waals surface area contributed by atoms with Gasteiger partial charge >= 0.3 is 0 Å². The summed E-state index contributed by atoms with van der Waals surface area (Å²) < 4.78 is 5.61. The third-order valence-corrected chi connectivity index (χ3v) is 3.12. The van der Waals surface area contributed by atoms with Crippen LogP contribution >= 0.6 is 11.6 Å². The molecule has 0 radical (unpaired) electrons. The average molecular weight is 308 g/mol. The van der Waals surface area contributed by atoms with Crippen molar-refractivity contribution < 1.29 is 9.66 Å². The summed E-state index contributed by atoms with van der Waals surface area (Å²) in [6.45, 7) is 2.11. The fourth-order valence-electron chi connectivity index (χ4n) is 1.88. The molecule has 0 aliphatic carbocycles. The third-order valence-electron chi connectivity index (χ3n) is 2.89. The van der Waals surface area contributed by atoms with Gasteiger partial charge in [0.05, 0.1) is 16.2 Å². The number of nitro groups is 1. The number of aryl methyl sites for hydroxylation is 1. The molecule has 0 fully saturated rings. The Morgan fingerprint density at radius 3 is 2.81 bits per heavy atom. The SMILES string of the molecule is Cc1ccc(OCc2cc(Cl)ccc2[N+](=O)[O-])c(CN)n1. The first kappa shape index (κ1) is 15.2. The first-order chi connectivity index (χ1) is 10.0. The smallest absolute Gasteiger partial charge is 0.276 e. The molecular weight excluding hydrogens is 294 g/mol. The van der Waals surface area contributed by atoms with Crippen LogP contribution in [0.3, 0.4) is 0 Å². The molecule has 2 N–H and O–H groups in total. The Bertz CT molecular complexity index is 677. The Balaban J connectivity index is 2.24. The Morgan fingerprint density at radius 1 is 1.38 bits per heavy atom. The minimum absolute atomic E-state index is 0.0224. The van der Waals surface area contributed by atoms with E-state index in [1.165, 1.54) is 18.2 Å². The van der Waals surface area contributed by atoms with Crippen molar-refractivity contribution in [1.82, 2.24) is 4.98 Å². The number of benzene rings is 1. The largest absolute Gasteiger partial charge is 0.487 e. The number of ether oxygens (including phenoxy) is 1. The molecule has 6 nitrogen and oxygen atoms in total. The van der Waals surface area contributed by atoms with Gasteiger partial charge in [0.2, 0.25) is 0 Å². The standard InChI is InChI=1S/C14H14ClN3O3/c1-9-2-5-14(12(7-16)17-9)21-8-10-6-11(15)3-4-13(10)18(19)20/h2-6H,7-8,16H2,1H3. The summed E-state index contributed by atoms with van der Waals surface area (Å²) in [4.78, 5) is 14.8. The molecule has 1 aromatic heterocycles. The van der Waals surface area contributed by atoms with E-state index in [0.29, 0.717) is 22.0 Å². The lowest BCUT2D eigenvalue weighted by atomic mass is 10.2. The summed E-state index contributed by atoms with van der Waals surface area (Å²) in [5.74, 6) is 0.511. The van der Waals surface area contributed by atoms with Crippen LogP contribution in [0, 0.1) is 17.0 Å². The van der Waals surface area contributed by atoms with Gasteiger partial charge in [0.25, 0.3) is 5.69 Å². The second-order valence-corrected chi connectivity index (χ2v) is 4.86. The van der Waals surface area contributed by atoms with Gasteiger partial charge in [-0.3, -0.25) is 15.1 Å². The highest BCUT2D eigenvalue weighted by Gasteiger charge is 2.15. The first-order valence-electron chi connectivity index (χ1n) is 6.23. The maximum atomic E-state index is 11.0. The van der Waals surface area contributed by atoms with Crippen LogP contribution in [0.25, 0.3) is 0 Å². The second-order valence-electron chi connectivity index (χ2n) is 4.42. The van der Waals surface area contributed by atoms with Gasteiger partial charge in [-0.25, -0.2) is 0 Å². The van der Waals surface area contributed by atoms with E-state index in [4.69, 9.17) is 22.1 Å². The van der Waals surface area contributed by atoms with Crippen LogP contribution in [0.4, 0.5) is 5.69 Å². The monoisotopic (exact) mass is 307 g/mol. The predicted octanol–water partition coefficient (Wildman–Crippen LogP) is 2.99. The molecule has 21 heavy (non-hydrogen) atoms. The zero-order valence-corrected chi connectivity index (χ0v) is 12.1. The van der Waals surface area contributed by atoms with E-state index >= 15 is 0 Å². The van der Waals surface area contributed by atoms with Crippen LogP contribution < -0.4 is 10.5 Å². The zero-order valence-electron chi connectivity index (χ0n) is 11.4. The molecule has 0 amide bonds. The lowest BCUT2D eigenvalue weighted by Gasteiger charge is -2.11. The number of hydrogen-bond donors (Lipinski definition) is 1. The second kappa shape index (κ2) is 6.51. The molecule has 7 heteroatoms. The zero-order chi connectivity index (χ0) is 15.4. The van der Waals surface area contributed by atoms with E-state index < -0.39 is 4.92 Å². The number of nitrogens with zero attached hydrogens (tertiary/aromatic N) is 2. The van der Waals surface area contributed by atoms with Crippen molar-refractivity contribution in [2.75, 3.05) is 0 Å². The Morgan fingerprint density at radius 2 is 2.14 bits per heavy atom. The van der Waals surface area contributed by atoms with E-state index in [-0.39, 0.29) is 18.8 Å². The number of halogens is 1. The van der Waals surface area contributed by atoms with Crippen LogP contribution in [0.15, 0.2) is 30.3 Å². The molecule has 0 aliphatic rings. The maximum absolute atomic E-state index is 11.0. The van der Waals surface area contributed by atoms with Crippen molar-refractivity contribution in [2.24, 2.45) is 5.73 Å². The third kappa shape index (κ3) is 3.68. The average Bonchev–Trinajstić information content (AvgIpc) is 2.45. The topological polar surface area (TPSA) is 91.3 Å². The molecule has 0 unspecified atom stereocenters. The molecule has 2 rings (SSSR count). The lowest BCUT2D eigenvalue weighted by Crippen LogP contribution is -2.07. The maximum Gasteiger partial charge on any atom is 0.276 e. The number of pyridine rings is 1. The Labute approximate surface area is 126 Å². The molecule has 110 valence electrons. The highest BCUT2D eigenvalue weighted by Crippen LogP contribution is 2.25. The van der Waals surface area contributed by atoms with Crippen LogP contribution in [-0.2, 0) is 13.2 Å². The summed E-state index contributed by atoms with van der Waals surface area (Å²) in [5.41, 5.74) is 7.43. The Hall–Kier alpha value is -2.18. The number of nitro benzene ring substituents is 1. The summed E-state index contributed by atoms with van der Waals surface area (Å²) in [6.07, 6.45) is 0. The molecule has 0 spiro atoms. The van der Waals surface area contributed by atoms with Gasteiger partial charge in [-0.15, -0.1) is 0 Å². The summed E-state index contributed by atoms with van der Waals surface area (Å²) in [7, 11) is 0. The number of rotatable bonds is 5. The van der Waals surface area contributed by atoms with Crippen molar-refractivity contribution in [3.05, 3.63) is 62.4 Å². The fourth-order valence-corrected chi connectivity index (χ4v) is 2.07. The Kier molecular flexibility index (Phi) is 4.72. The van der Waals surface area contributed by atoms with Gasteiger partial charge in [-0.05, 0) is 31.2 Å². The molecule has 0 atom stereocenters. The molecule has 1 heterocycles. The van der Waals surface area contributed by atoms with Crippen molar-refractivity contribution in [3.63, 3.8) is 0 Å². The van der Waals surface area contributed by atoms with E-state index in [2.05, 4.69) is 4.98 Å². The summed E-state index contributed by atoms with van der Waals surface area (Å²) >= 11 is 5.87. The minimum atomic E-state index is -0.466. The van der Waals surface area contributed by atoms with E-state index in [1.807, 2.05) is 6.92 Å². The van der Waals surface area contributed by atoms with E-state index in [1.54, 1.807) is 12.1 Å². The van der Waals surface area contributed by atoms with Crippen LogP contribution in [-0.4, -0.2) is 9.91 Å². The molecular formula is C14H14ClN3O3. The fraction of sp³-hybridized carbons (Fsp3) is 0.214. The van der Waals surface area contributed by atoms with Crippen molar-refractivity contribution in [2.45, 2.75) is 20.1 Å². The number of nitrogens with two attached hydrogens (primary N) is 1. The molecule has 0 aliphatic heterocycles. The van der Waals surface area contributed by atoms with Gasteiger partial charge < -0.3 is 10.5 Å². The van der Waals surface area contributed by atoms with Gasteiger partial charge in [0, 0.05) is 23.3 Å². The number of hydrogen-bond acceptors (Lipinski definition) is 5. The summed E-state index contributed by atoms with van der Waals surface area (Å²) in [6, 6.07) is 7.89. The van der Waals surface area contributed by atoms with Crippen LogP contribution in [0.2, 0.25) is 5.02 Å². The van der Waals surface area contributed by atoms with Crippen molar-refractivity contribution in [1.29, 1.82) is 0 Å². The molecule has 0 saturated heterocycles. The van der Waals surface area contributed by atoms with E-state index in [9.17, 15) is 10.1 Å². The molecule has 2 aromatic rings. The van der Waals surface area contributed by atoms with Gasteiger partial charge in [-0.1, -0.05) is 11.6 Å². The molecule has 1 aromatic carbocycles. The molecule has 0 saturated carbocycles. The number of aromatic nitrogens is 1. The molecule has 0 bridgehead atoms. The van der Waals surface area contributed by atoms with Gasteiger partial charge in [-0.2, -0.15) is 0 Å². The van der Waals surface area contributed by atoms with Gasteiger partial charge in [0.1, 0.15) is 12.4 Å². The highest BCUT2D eigenvalue weighted by molar-refractivity contribution is 6.30. The minimum Gasteiger partial charge on any atom is -0.487 e. The normalized spacial score (nSPS) is 10.4. The van der Waals surface area contributed by atoms with E-state index in [0.717, 1.165) is 5.69 Å².